The maximum absolute atomic E-state index is 11.2. The summed E-state index contributed by atoms with van der Waals surface area (Å²) in [5.41, 5.74) is -0.286. The van der Waals surface area contributed by atoms with Crippen LogP contribution in [-0.4, -0.2) is 46.4 Å². The lowest BCUT2D eigenvalue weighted by atomic mass is 9.98. The smallest absolute Gasteiger partial charge is 0.254 e. The van der Waals surface area contributed by atoms with E-state index >= 15 is 0 Å². The third-order valence-corrected chi connectivity index (χ3v) is 2.92. The van der Waals surface area contributed by atoms with Crippen LogP contribution >= 0.6 is 0 Å². The molecule has 0 aromatic carbocycles. The third-order valence-electron chi connectivity index (χ3n) is 2.92. The van der Waals surface area contributed by atoms with E-state index in [1.165, 1.54) is 0 Å². The highest BCUT2D eigenvalue weighted by Gasteiger charge is 2.21. The molecule has 0 amide bonds. The summed E-state index contributed by atoms with van der Waals surface area (Å²) in [5.74, 6) is 0.636. The Morgan fingerprint density at radius 1 is 1.63 bits per heavy atom. The van der Waals surface area contributed by atoms with Gasteiger partial charge in [0.05, 0.1) is 6.07 Å². The second-order valence-corrected chi connectivity index (χ2v) is 4.67. The molecule has 1 aromatic rings. The predicted octanol–water partition coefficient (Wildman–Crippen LogP) is 0.880. The van der Waals surface area contributed by atoms with E-state index in [2.05, 4.69) is 14.9 Å². The number of nitrogens with zero attached hydrogens (tertiary/aromatic N) is 2. The minimum absolute atomic E-state index is 0.193. The highest BCUT2D eigenvalue weighted by molar-refractivity contribution is 5.48. The fourth-order valence-corrected chi connectivity index (χ4v) is 2.05. The fourth-order valence-electron chi connectivity index (χ4n) is 2.05. The summed E-state index contributed by atoms with van der Waals surface area (Å²) in [6.07, 6.45) is 3.62. The molecule has 2 rings (SSSR count). The number of H-pyrrole nitrogens is 1. The number of aldehydes is 1. The van der Waals surface area contributed by atoms with Gasteiger partial charge in [0.25, 0.3) is 5.56 Å². The van der Waals surface area contributed by atoms with E-state index in [0.29, 0.717) is 12.2 Å². The summed E-state index contributed by atoms with van der Waals surface area (Å²) in [5, 5.41) is 9.25. The van der Waals surface area contributed by atoms with Gasteiger partial charge < -0.3 is 19.8 Å². The van der Waals surface area contributed by atoms with Crippen molar-refractivity contribution in [1.82, 2.24) is 14.9 Å². The van der Waals surface area contributed by atoms with Crippen molar-refractivity contribution in [3.63, 3.8) is 0 Å². The van der Waals surface area contributed by atoms with E-state index < -0.39 is 0 Å². The number of carbonyl (C=O) groups excluding carboxylic acids is 1. The minimum atomic E-state index is -0.286. The molecule has 1 saturated heterocycles. The quantitative estimate of drug-likeness (QED) is 0.777. The van der Waals surface area contributed by atoms with Crippen LogP contribution in [-0.2, 0) is 4.79 Å². The van der Waals surface area contributed by atoms with Crippen molar-refractivity contribution in [2.45, 2.75) is 32.1 Å². The van der Waals surface area contributed by atoms with Gasteiger partial charge in [0.2, 0.25) is 5.88 Å². The van der Waals surface area contributed by atoms with Crippen molar-refractivity contribution in [2.75, 3.05) is 20.1 Å². The summed E-state index contributed by atoms with van der Waals surface area (Å²) >= 11 is 0. The summed E-state index contributed by atoms with van der Waals surface area (Å²) in [6.45, 7) is 3.78. The lowest BCUT2D eigenvalue weighted by molar-refractivity contribution is -0.107. The van der Waals surface area contributed by atoms with E-state index in [4.69, 9.17) is 0 Å². The van der Waals surface area contributed by atoms with Crippen LogP contribution < -0.4 is 5.56 Å². The Balaban J connectivity index is 0.000000399. The Hall–Kier alpha value is -1.69. The number of aromatic hydroxyl groups is 1. The first kappa shape index (κ1) is 15.4. The van der Waals surface area contributed by atoms with E-state index in [9.17, 15) is 14.7 Å². The summed E-state index contributed by atoms with van der Waals surface area (Å²) in [4.78, 5) is 29.2. The summed E-state index contributed by atoms with van der Waals surface area (Å²) < 4.78 is 0. The molecule has 0 bridgehead atoms. The zero-order valence-electron chi connectivity index (χ0n) is 11.4. The van der Waals surface area contributed by atoms with Crippen LogP contribution in [0.5, 0.6) is 5.88 Å². The summed E-state index contributed by atoms with van der Waals surface area (Å²) in [7, 11) is 2.05. The molecule has 1 aromatic heterocycles. The highest BCUT2D eigenvalue weighted by atomic mass is 16.3. The second-order valence-electron chi connectivity index (χ2n) is 4.67. The van der Waals surface area contributed by atoms with Crippen molar-refractivity contribution in [1.29, 1.82) is 0 Å². The molecule has 1 fully saturated rings. The molecule has 0 spiro atoms. The number of hydrogen-bond acceptors (Lipinski definition) is 5. The maximum atomic E-state index is 11.2. The van der Waals surface area contributed by atoms with Gasteiger partial charge in [-0.15, -0.1) is 0 Å². The highest BCUT2D eigenvalue weighted by Crippen LogP contribution is 2.23. The number of rotatable bonds is 2. The van der Waals surface area contributed by atoms with E-state index in [1.54, 1.807) is 0 Å². The summed E-state index contributed by atoms with van der Waals surface area (Å²) in [6, 6.07) is 1.09. The molecule has 1 atom stereocenters. The molecule has 6 nitrogen and oxygen atoms in total. The number of aromatic nitrogens is 2. The number of likely N-dealkylation sites (tertiary alicyclic amines) is 1. The second kappa shape index (κ2) is 7.68. The molecule has 0 saturated carbocycles. The average molecular weight is 267 g/mol. The standard InChI is InChI=1S/C10H15N3O2.C3H6O/c1-13-4-2-3-7(6-13)10-11-8(14)5-9(15)12-10;1-2-3-4/h5,7H,2-4,6H2,1H3,(H2,11,12,14,15);3H,2H2,1H3. The zero-order valence-corrected chi connectivity index (χ0v) is 11.4. The van der Waals surface area contributed by atoms with E-state index in [0.717, 1.165) is 38.3 Å². The molecule has 0 radical (unpaired) electrons. The molecule has 2 heterocycles. The molecule has 1 unspecified atom stereocenters. The van der Waals surface area contributed by atoms with Gasteiger partial charge in [-0.05, 0) is 26.4 Å². The number of nitrogens with one attached hydrogen (secondary N) is 1. The molecule has 2 N–H and O–H groups in total. The first-order chi connectivity index (χ1) is 9.06. The van der Waals surface area contributed by atoms with Crippen LogP contribution in [0.3, 0.4) is 0 Å². The van der Waals surface area contributed by atoms with E-state index in [-0.39, 0.29) is 17.4 Å². The molecule has 106 valence electrons. The van der Waals surface area contributed by atoms with Crippen LogP contribution in [0.25, 0.3) is 0 Å². The Labute approximate surface area is 112 Å². The lowest BCUT2D eigenvalue weighted by Gasteiger charge is -2.28. The van der Waals surface area contributed by atoms with Gasteiger partial charge in [-0.25, -0.2) is 0 Å². The topological polar surface area (TPSA) is 86.3 Å². The van der Waals surface area contributed by atoms with Crippen LogP contribution in [0.4, 0.5) is 0 Å². The van der Waals surface area contributed by atoms with Crippen LogP contribution in [0.15, 0.2) is 10.9 Å². The minimum Gasteiger partial charge on any atom is -0.493 e. The van der Waals surface area contributed by atoms with Crippen molar-refractivity contribution < 1.29 is 9.90 Å². The van der Waals surface area contributed by atoms with Gasteiger partial charge in [-0.2, -0.15) is 4.98 Å². The monoisotopic (exact) mass is 267 g/mol. The maximum Gasteiger partial charge on any atom is 0.254 e. The van der Waals surface area contributed by atoms with Gasteiger partial charge in [0.15, 0.2) is 0 Å². The normalized spacial score (nSPS) is 19.4. The molecule has 19 heavy (non-hydrogen) atoms. The van der Waals surface area contributed by atoms with Gasteiger partial charge in [-0.1, -0.05) is 6.92 Å². The first-order valence-corrected chi connectivity index (χ1v) is 6.49. The lowest BCUT2D eigenvalue weighted by Crippen LogP contribution is -2.32. The number of hydrogen-bond donors (Lipinski definition) is 2. The number of aromatic amines is 1. The Morgan fingerprint density at radius 3 is 2.84 bits per heavy atom. The Kier molecular flexibility index (Phi) is 6.21. The van der Waals surface area contributed by atoms with Crippen molar-refractivity contribution >= 4 is 6.29 Å². The number of likely N-dealkylation sites (N-methyl/N-ethyl adjacent to an activating group) is 1. The van der Waals surface area contributed by atoms with Gasteiger partial charge in [0.1, 0.15) is 12.1 Å². The molecular weight excluding hydrogens is 246 g/mol. The molecule has 0 aliphatic carbocycles. The average Bonchev–Trinajstić information content (AvgIpc) is 2.38. The van der Waals surface area contributed by atoms with Crippen LogP contribution in [0, 0.1) is 0 Å². The van der Waals surface area contributed by atoms with Crippen molar-refractivity contribution in [2.24, 2.45) is 0 Å². The van der Waals surface area contributed by atoms with Gasteiger partial charge in [-0.3, -0.25) is 4.79 Å². The largest absolute Gasteiger partial charge is 0.493 e. The van der Waals surface area contributed by atoms with Crippen molar-refractivity contribution in [3.8, 4) is 5.88 Å². The van der Waals surface area contributed by atoms with E-state index in [1.807, 2.05) is 14.0 Å². The zero-order chi connectivity index (χ0) is 14.3. The van der Waals surface area contributed by atoms with Crippen LogP contribution in [0.2, 0.25) is 0 Å². The van der Waals surface area contributed by atoms with Gasteiger partial charge >= 0.3 is 0 Å². The Morgan fingerprint density at radius 2 is 2.32 bits per heavy atom. The predicted molar refractivity (Wildman–Crippen MR) is 72.3 cm³/mol. The molecular formula is C13H21N3O3. The number of carbonyl (C=O) groups is 1. The third kappa shape index (κ3) is 5.21. The van der Waals surface area contributed by atoms with Crippen LogP contribution in [0.1, 0.15) is 37.9 Å². The first-order valence-electron chi connectivity index (χ1n) is 6.49. The molecule has 1 aliphatic heterocycles. The fraction of sp³-hybridized carbons (Fsp3) is 0.615. The van der Waals surface area contributed by atoms with Gasteiger partial charge in [0, 0.05) is 18.9 Å². The SMILES string of the molecule is CCC=O.CN1CCCC(c2nc(O)cc(=O)[nH]2)C1. The molecule has 6 heteroatoms. The Bertz CT molecular complexity index is 459. The van der Waals surface area contributed by atoms with Crippen molar-refractivity contribution in [3.05, 3.63) is 22.2 Å². The number of piperidine rings is 1. The molecule has 1 aliphatic rings.